The first kappa shape index (κ1) is 15.4. The number of rotatable bonds is 5. The Morgan fingerprint density at radius 1 is 1.36 bits per heavy atom. The van der Waals surface area contributed by atoms with Gasteiger partial charge in [-0.05, 0) is 18.8 Å². The summed E-state index contributed by atoms with van der Waals surface area (Å²) in [6, 6.07) is 7.77. The summed E-state index contributed by atoms with van der Waals surface area (Å²) in [6.45, 7) is 3.02. The van der Waals surface area contributed by atoms with Gasteiger partial charge in [0.05, 0.1) is 18.1 Å². The lowest BCUT2D eigenvalue weighted by molar-refractivity contribution is -0.385. The van der Waals surface area contributed by atoms with Crippen molar-refractivity contribution in [3.05, 3.63) is 39.9 Å². The molecule has 1 heterocycles. The van der Waals surface area contributed by atoms with Gasteiger partial charge in [-0.3, -0.25) is 10.1 Å². The average molecular weight is 305 g/mol. The molecule has 6 heteroatoms. The van der Waals surface area contributed by atoms with Crippen LogP contribution in [-0.4, -0.2) is 36.8 Å². The molecule has 2 aliphatic rings. The first-order valence-corrected chi connectivity index (χ1v) is 8.02. The van der Waals surface area contributed by atoms with E-state index < -0.39 is 0 Å². The molecule has 120 valence electrons. The molecule has 22 heavy (non-hydrogen) atoms. The van der Waals surface area contributed by atoms with E-state index in [1.54, 1.807) is 12.1 Å². The number of ether oxygens (including phenoxy) is 1. The average Bonchev–Trinajstić information content (AvgIpc) is 3.02. The van der Waals surface area contributed by atoms with Gasteiger partial charge in [0.15, 0.2) is 0 Å². The molecule has 6 nitrogen and oxygen atoms in total. The second-order valence-corrected chi connectivity index (χ2v) is 6.10. The molecular weight excluding hydrogens is 282 g/mol. The summed E-state index contributed by atoms with van der Waals surface area (Å²) >= 11 is 0. The summed E-state index contributed by atoms with van der Waals surface area (Å²) in [5.74, 6) is 0.545. The van der Waals surface area contributed by atoms with Crippen LogP contribution < -0.4 is 10.6 Å². The van der Waals surface area contributed by atoms with Gasteiger partial charge in [-0.15, -0.1) is 0 Å². The van der Waals surface area contributed by atoms with Crippen LogP contribution in [0.1, 0.15) is 24.8 Å². The molecule has 3 rings (SSSR count). The van der Waals surface area contributed by atoms with Gasteiger partial charge in [-0.2, -0.15) is 0 Å². The monoisotopic (exact) mass is 305 g/mol. The largest absolute Gasteiger partial charge is 0.379 e. The molecule has 3 atom stereocenters. The molecule has 2 N–H and O–H groups in total. The predicted octanol–water partition coefficient (Wildman–Crippen LogP) is 1.84. The first-order valence-electron chi connectivity index (χ1n) is 8.02. The van der Waals surface area contributed by atoms with Crippen molar-refractivity contribution < 1.29 is 9.66 Å². The Bertz CT molecular complexity index is 517. The lowest BCUT2D eigenvalue weighted by Gasteiger charge is -2.33. The van der Waals surface area contributed by atoms with Crippen molar-refractivity contribution in [3.63, 3.8) is 0 Å². The van der Waals surface area contributed by atoms with E-state index >= 15 is 0 Å². The lowest BCUT2D eigenvalue weighted by Crippen LogP contribution is -2.50. The highest BCUT2D eigenvalue weighted by Gasteiger charge is 2.34. The molecule has 1 saturated carbocycles. The topological polar surface area (TPSA) is 76.4 Å². The molecule has 0 radical (unpaired) electrons. The third kappa shape index (κ3) is 3.45. The van der Waals surface area contributed by atoms with Gasteiger partial charge in [0.1, 0.15) is 0 Å². The fourth-order valence-electron chi connectivity index (χ4n) is 3.66. The van der Waals surface area contributed by atoms with E-state index in [0.717, 1.165) is 31.7 Å². The Balaban J connectivity index is 1.62. The van der Waals surface area contributed by atoms with Crippen molar-refractivity contribution in [2.24, 2.45) is 5.92 Å². The minimum Gasteiger partial charge on any atom is -0.379 e. The highest BCUT2D eigenvalue weighted by molar-refractivity contribution is 5.39. The van der Waals surface area contributed by atoms with Gasteiger partial charge in [-0.25, -0.2) is 0 Å². The molecule has 2 fully saturated rings. The Hall–Kier alpha value is -1.50. The van der Waals surface area contributed by atoms with Crippen LogP contribution in [0.4, 0.5) is 5.69 Å². The fourth-order valence-corrected chi connectivity index (χ4v) is 3.66. The van der Waals surface area contributed by atoms with Gasteiger partial charge in [0.2, 0.25) is 0 Å². The summed E-state index contributed by atoms with van der Waals surface area (Å²) in [6.07, 6.45) is 3.52. The maximum absolute atomic E-state index is 11.1. The van der Waals surface area contributed by atoms with Crippen LogP contribution in [0.15, 0.2) is 24.3 Å². The Morgan fingerprint density at radius 2 is 2.23 bits per heavy atom. The molecule has 1 aliphatic heterocycles. The Morgan fingerprint density at radius 3 is 3.00 bits per heavy atom. The summed E-state index contributed by atoms with van der Waals surface area (Å²) in [5.41, 5.74) is 0.953. The Kier molecular flexibility index (Phi) is 5.02. The number of para-hydroxylation sites is 1. The zero-order chi connectivity index (χ0) is 15.4. The van der Waals surface area contributed by atoms with Crippen LogP contribution >= 0.6 is 0 Å². The zero-order valence-electron chi connectivity index (χ0n) is 12.7. The normalized spacial score (nSPS) is 28.6. The van der Waals surface area contributed by atoms with E-state index in [1.807, 2.05) is 12.1 Å². The van der Waals surface area contributed by atoms with Gasteiger partial charge in [0.25, 0.3) is 5.69 Å². The minimum absolute atomic E-state index is 0.198. The third-order valence-corrected chi connectivity index (χ3v) is 4.78. The number of morpholine rings is 1. The van der Waals surface area contributed by atoms with E-state index in [9.17, 15) is 10.1 Å². The minimum atomic E-state index is -0.306. The summed E-state index contributed by atoms with van der Waals surface area (Å²) in [5, 5.41) is 18.2. The maximum atomic E-state index is 11.1. The predicted molar refractivity (Wildman–Crippen MR) is 83.7 cm³/mol. The molecule has 0 spiro atoms. The smallest absolute Gasteiger partial charge is 0.273 e. The van der Waals surface area contributed by atoms with E-state index in [4.69, 9.17) is 4.74 Å². The van der Waals surface area contributed by atoms with E-state index in [0.29, 0.717) is 24.5 Å². The first-order chi connectivity index (χ1) is 10.8. The van der Waals surface area contributed by atoms with Crippen molar-refractivity contribution in [1.82, 2.24) is 10.6 Å². The number of nitrogens with zero attached hydrogens (tertiary/aromatic N) is 1. The van der Waals surface area contributed by atoms with Crippen molar-refractivity contribution in [2.45, 2.75) is 37.9 Å². The quantitative estimate of drug-likeness (QED) is 0.641. The standard InChI is InChI=1S/C16H23N3O3/c20-19(21)16-7-2-1-4-12(16)10-18-14-6-3-5-13(14)15-11-22-9-8-17-15/h1-2,4,7,13-15,17-18H,3,5-6,8-11H2. The van der Waals surface area contributed by atoms with Crippen molar-refractivity contribution in [3.8, 4) is 0 Å². The Labute approximate surface area is 130 Å². The van der Waals surface area contributed by atoms with E-state index in [-0.39, 0.29) is 10.6 Å². The van der Waals surface area contributed by atoms with Crippen molar-refractivity contribution >= 4 is 5.69 Å². The number of hydrogen-bond acceptors (Lipinski definition) is 5. The third-order valence-electron chi connectivity index (χ3n) is 4.78. The van der Waals surface area contributed by atoms with Crippen LogP contribution in [-0.2, 0) is 11.3 Å². The second kappa shape index (κ2) is 7.17. The molecule has 1 aromatic rings. The lowest BCUT2D eigenvalue weighted by atomic mass is 9.94. The highest BCUT2D eigenvalue weighted by Crippen LogP contribution is 2.30. The molecule has 1 aromatic carbocycles. The van der Waals surface area contributed by atoms with Gasteiger partial charge < -0.3 is 15.4 Å². The fraction of sp³-hybridized carbons (Fsp3) is 0.625. The molecule has 3 unspecified atom stereocenters. The van der Waals surface area contributed by atoms with E-state index in [1.165, 1.54) is 12.8 Å². The van der Waals surface area contributed by atoms with Crippen LogP contribution in [0.25, 0.3) is 0 Å². The maximum Gasteiger partial charge on any atom is 0.273 e. The number of nitrogens with one attached hydrogen (secondary N) is 2. The van der Waals surface area contributed by atoms with Gasteiger partial charge in [0, 0.05) is 36.8 Å². The molecule has 1 aliphatic carbocycles. The zero-order valence-corrected chi connectivity index (χ0v) is 12.7. The van der Waals surface area contributed by atoms with Crippen LogP contribution in [0.3, 0.4) is 0 Å². The SMILES string of the molecule is O=[N+]([O-])c1ccccc1CNC1CCCC1C1COCCN1. The van der Waals surface area contributed by atoms with E-state index in [2.05, 4.69) is 10.6 Å². The van der Waals surface area contributed by atoms with Crippen molar-refractivity contribution in [2.75, 3.05) is 19.8 Å². The summed E-state index contributed by atoms with van der Waals surface area (Å²) in [7, 11) is 0. The molecule has 1 saturated heterocycles. The highest BCUT2D eigenvalue weighted by atomic mass is 16.6. The second-order valence-electron chi connectivity index (χ2n) is 6.10. The van der Waals surface area contributed by atoms with Gasteiger partial charge in [-0.1, -0.05) is 24.6 Å². The number of benzene rings is 1. The van der Waals surface area contributed by atoms with Gasteiger partial charge >= 0.3 is 0 Å². The number of hydrogen-bond donors (Lipinski definition) is 2. The van der Waals surface area contributed by atoms with Crippen LogP contribution in [0.2, 0.25) is 0 Å². The summed E-state index contributed by atoms with van der Waals surface area (Å²) < 4.78 is 5.58. The van der Waals surface area contributed by atoms with Crippen molar-refractivity contribution in [1.29, 1.82) is 0 Å². The molecule has 0 amide bonds. The van der Waals surface area contributed by atoms with Crippen LogP contribution in [0, 0.1) is 16.0 Å². The van der Waals surface area contributed by atoms with Crippen LogP contribution in [0.5, 0.6) is 0 Å². The number of nitro groups is 1. The number of nitro benzene ring substituents is 1. The molecule has 0 aromatic heterocycles. The summed E-state index contributed by atoms with van der Waals surface area (Å²) in [4.78, 5) is 10.8. The molecular formula is C16H23N3O3. The molecule has 0 bridgehead atoms.